The minimum atomic E-state index is 0.144. The van der Waals surface area contributed by atoms with Gasteiger partial charge in [0, 0.05) is 12.6 Å². The van der Waals surface area contributed by atoms with Crippen LogP contribution in [0.1, 0.15) is 5.56 Å². The maximum Gasteiger partial charge on any atom is 0.229 e. The van der Waals surface area contributed by atoms with Crippen molar-refractivity contribution in [1.29, 1.82) is 0 Å². The lowest BCUT2D eigenvalue weighted by Gasteiger charge is -2.01. The Bertz CT molecular complexity index is 323. The summed E-state index contributed by atoms with van der Waals surface area (Å²) >= 11 is 0. The van der Waals surface area contributed by atoms with Gasteiger partial charge in [0.2, 0.25) is 6.41 Å². The number of benzene rings is 1. The van der Waals surface area contributed by atoms with Gasteiger partial charge in [-0.25, -0.2) is 5.01 Å². The van der Waals surface area contributed by atoms with Crippen LogP contribution in [-0.2, 0) is 4.79 Å². The van der Waals surface area contributed by atoms with E-state index in [0.29, 0.717) is 12.0 Å². The van der Waals surface area contributed by atoms with Gasteiger partial charge in [0.25, 0.3) is 0 Å². The fourth-order valence-electron chi connectivity index (χ4n) is 0.777. The van der Waals surface area contributed by atoms with Crippen LogP contribution in [-0.4, -0.2) is 29.8 Å². The summed E-state index contributed by atoms with van der Waals surface area (Å²) in [6, 6.07) is 6.76. The van der Waals surface area contributed by atoms with E-state index in [9.17, 15) is 9.90 Å². The lowest BCUT2D eigenvalue weighted by Crippen LogP contribution is -2.07. The van der Waals surface area contributed by atoms with Crippen LogP contribution in [0.2, 0.25) is 0 Å². The van der Waals surface area contributed by atoms with Gasteiger partial charge in [-0.15, -0.1) is 0 Å². The topological polar surface area (TPSA) is 52.9 Å². The van der Waals surface area contributed by atoms with E-state index >= 15 is 0 Å². The Morgan fingerprint density at radius 3 is 2.77 bits per heavy atom. The Hall–Kier alpha value is -1.84. The number of phenols is 1. The molecule has 1 aromatic carbocycles. The molecule has 68 valence electrons. The number of hydrazone groups is 1. The first-order valence-electron chi connectivity index (χ1n) is 3.74. The van der Waals surface area contributed by atoms with E-state index in [0.717, 1.165) is 5.01 Å². The zero-order valence-electron chi connectivity index (χ0n) is 7.21. The molecule has 1 aromatic rings. The van der Waals surface area contributed by atoms with Crippen molar-refractivity contribution in [2.75, 3.05) is 7.05 Å². The highest BCUT2D eigenvalue weighted by Gasteiger charge is 1.94. The van der Waals surface area contributed by atoms with Gasteiger partial charge in [0.15, 0.2) is 0 Å². The van der Waals surface area contributed by atoms with E-state index in [1.54, 1.807) is 24.3 Å². The van der Waals surface area contributed by atoms with Gasteiger partial charge in [0.05, 0.1) is 6.21 Å². The Labute approximate surface area is 76.1 Å². The normalized spacial score (nSPS) is 10.2. The molecule has 13 heavy (non-hydrogen) atoms. The molecular weight excluding hydrogens is 168 g/mol. The minimum Gasteiger partial charge on any atom is -0.507 e. The quantitative estimate of drug-likeness (QED) is 0.423. The highest BCUT2D eigenvalue weighted by Crippen LogP contribution is 2.12. The van der Waals surface area contributed by atoms with Crippen LogP contribution < -0.4 is 0 Å². The molecule has 1 rings (SSSR count). The maximum absolute atomic E-state index is 10.2. The first-order valence-corrected chi connectivity index (χ1v) is 3.74. The van der Waals surface area contributed by atoms with E-state index in [4.69, 9.17) is 0 Å². The molecule has 0 saturated carbocycles. The number of hydrogen-bond donors (Lipinski definition) is 1. The van der Waals surface area contributed by atoms with E-state index in [1.165, 1.54) is 13.3 Å². The summed E-state index contributed by atoms with van der Waals surface area (Å²) in [7, 11) is 1.52. The lowest BCUT2D eigenvalue weighted by molar-refractivity contribution is -0.116. The largest absolute Gasteiger partial charge is 0.507 e. The standard InChI is InChI=1S/C9H10N2O2/c1-11(7-12)10-6-8-4-2-3-5-9(8)13/h2-7,13H,1H3. The first-order chi connectivity index (χ1) is 6.24. The second kappa shape index (κ2) is 4.25. The zero-order chi connectivity index (χ0) is 9.68. The van der Waals surface area contributed by atoms with Crippen molar-refractivity contribution >= 4 is 12.6 Å². The van der Waals surface area contributed by atoms with E-state index in [-0.39, 0.29) is 5.75 Å². The molecule has 0 aliphatic rings. The number of para-hydroxylation sites is 1. The van der Waals surface area contributed by atoms with Crippen LogP contribution in [0.5, 0.6) is 5.75 Å². The molecule has 1 N–H and O–H groups in total. The van der Waals surface area contributed by atoms with Crippen LogP contribution in [0.3, 0.4) is 0 Å². The minimum absolute atomic E-state index is 0.144. The number of carbonyl (C=O) groups excluding carboxylic acids is 1. The number of phenolic OH excluding ortho intramolecular Hbond substituents is 1. The average molecular weight is 178 g/mol. The molecule has 0 aliphatic carbocycles. The van der Waals surface area contributed by atoms with Crippen molar-refractivity contribution < 1.29 is 9.90 Å². The number of amides is 1. The van der Waals surface area contributed by atoms with Crippen molar-refractivity contribution in [3.8, 4) is 5.75 Å². The van der Waals surface area contributed by atoms with Crippen molar-refractivity contribution in [3.05, 3.63) is 29.8 Å². The second-order valence-electron chi connectivity index (χ2n) is 2.48. The molecule has 0 bridgehead atoms. The number of aromatic hydroxyl groups is 1. The van der Waals surface area contributed by atoms with Gasteiger partial charge >= 0.3 is 0 Å². The summed E-state index contributed by atoms with van der Waals surface area (Å²) in [5.74, 6) is 0.144. The average Bonchev–Trinajstić information content (AvgIpc) is 2.16. The van der Waals surface area contributed by atoms with Gasteiger partial charge in [0.1, 0.15) is 5.75 Å². The molecule has 0 atom stereocenters. The van der Waals surface area contributed by atoms with Crippen molar-refractivity contribution in [2.24, 2.45) is 5.10 Å². The number of carbonyl (C=O) groups is 1. The van der Waals surface area contributed by atoms with Crippen molar-refractivity contribution in [2.45, 2.75) is 0 Å². The fourth-order valence-corrected chi connectivity index (χ4v) is 0.777. The van der Waals surface area contributed by atoms with E-state index in [1.807, 2.05) is 0 Å². The van der Waals surface area contributed by atoms with Crippen LogP contribution >= 0.6 is 0 Å². The van der Waals surface area contributed by atoms with E-state index < -0.39 is 0 Å². The van der Waals surface area contributed by atoms with Gasteiger partial charge < -0.3 is 5.11 Å². The third-order valence-electron chi connectivity index (χ3n) is 1.47. The molecular formula is C9H10N2O2. The summed E-state index contributed by atoms with van der Waals surface area (Å²) in [5, 5.41) is 14.2. The first kappa shape index (κ1) is 9.25. The van der Waals surface area contributed by atoms with Gasteiger partial charge in [-0.2, -0.15) is 5.10 Å². The second-order valence-corrected chi connectivity index (χ2v) is 2.48. The van der Waals surface area contributed by atoms with Gasteiger partial charge in [-0.05, 0) is 12.1 Å². The molecule has 0 radical (unpaired) electrons. The highest BCUT2D eigenvalue weighted by atomic mass is 16.3. The Morgan fingerprint density at radius 1 is 1.46 bits per heavy atom. The van der Waals surface area contributed by atoms with Crippen molar-refractivity contribution in [3.63, 3.8) is 0 Å². The molecule has 0 spiro atoms. The van der Waals surface area contributed by atoms with Crippen LogP contribution in [0.25, 0.3) is 0 Å². The smallest absolute Gasteiger partial charge is 0.229 e. The molecule has 1 amide bonds. The SMILES string of the molecule is CN(C=O)N=Cc1ccccc1O. The third kappa shape index (κ3) is 2.59. The van der Waals surface area contributed by atoms with Crippen molar-refractivity contribution in [1.82, 2.24) is 5.01 Å². The highest BCUT2D eigenvalue weighted by molar-refractivity contribution is 5.83. The lowest BCUT2D eigenvalue weighted by atomic mass is 10.2. The number of nitrogens with zero attached hydrogens (tertiary/aromatic N) is 2. The fraction of sp³-hybridized carbons (Fsp3) is 0.111. The molecule has 0 aliphatic heterocycles. The predicted octanol–water partition coefficient (Wildman–Crippen LogP) is 0.814. The monoisotopic (exact) mass is 178 g/mol. The molecule has 4 nitrogen and oxygen atoms in total. The van der Waals surface area contributed by atoms with Crippen LogP contribution in [0.4, 0.5) is 0 Å². The molecule has 0 aromatic heterocycles. The van der Waals surface area contributed by atoms with E-state index in [2.05, 4.69) is 5.10 Å². The van der Waals surface area contributed by atoms with Crippen LogP contribution in [0, 0.1) is 0 Å². The maximum atomic E-state index is 10.2. The summed E-state index contributed by atoms with van der Waals surface area (Å²) in [5.41, 5.74) is 0.580. The summed E-state index contributed by atoms with van der Waals surface area (Å²) in [6.07, 6.45) is 2.00. The molecule has 0 heterocycles. The third-order valence-corrected chi connectivity index (χ3v) is 1.47. The number of hydrogen-bond acceptors (Lipinski definition) is 3. The summed E-state index contributed by atoms with van der Waals surface area (Å²) in [4.78, 5) is 10.2. The number of rotatable bonds is 3. The molecule has 0 fully saturated rings. The van der Waals surface area contributed by atoms with Crippen LogP contribution in [0.15, 0.2) is 29.4 Å². The molecule has 4 heteroatoms. The predicted molar refractivity (Wildman–Crippen MR) is 49.5 cm³/mol. The Morgan fingerprint density at radius 2 is 2.15 bits per heavy atom. The summed E-state index contributed by atoms with van der Waals surface area (Å²) in [6.45, 7) is 0. The zero-order valence-corrected chi connectivity index (χ0v) is 7.21. The molecule has 0 saturated heterocycles. The van der Waals surface area contributed by atoms with Gasteiger partial charge in [-0.3, -0.25) is 4.79 Å². The molecule has 0 unspecified atom stereocenters. The Kier molecular flexibility index (Phi) is 3.03. The summed E-state index contributed by atoms with van der Waals surface area (Å²) < 4.78 is 0. The van der Waals surface area contributed by atoms with Gasteiger partial charge in [-0.1, -0.05) is 12.1 Å². The Balaban J connectivity index is 2.79.